The molecule has 0 spiro atoms. The van der Waals surface area contributed by atoms with E-state index in [2.05, 4.69) is 5.32 Å². The molecule has 0 aromatic heterocycles. The van der Waals surface area contributed by atoms with Crippen LogP contribution in [0.1, 0.15) is 20.3 Å². The van der Waals surface area contributed by atoms with Crippen LogP contribution in [0.4, 0.5) is 0 Å². The third-order valence-electron chi connectivity index (χ3n) is 1.85. The summed E-state index contributed by atoms with van der Waals surface area (Å²) in [5, 5.41) is 19.9. The second kappa shape index (κ2) is 5.68. The van der Waals surface area contributed by atoms with Gasteiger partial charge in [0.2, 0.25) is 0 Å². The highest BCUT2D eigenvalue weighted by molar-refractivity contribution is 5.86. The maximum absolute atomic E-state index is 11.4. The number of nitriles is 1. The standard InChI is InChI=1S/C9H16N2O2/c1-9(2,7-12)8(13)6-11-5-3-4-10/h11-12H,3,5-7H2,1-2H3. The van der Waals surface area contributed by atoms with E-state index < -0.39 is 5.41 Å². The van der Waals surface area contributed by atoms with Gasteiger partial charge in [-0.3, -0.25) is 4.79 Å². The van der Waals surface area contributed by atoms with Gasteiger partial charge in [0.25, 0.3) is 0 Å². The first-order chi connectivity index (χ1) is 6.04. The van der Waals surface area contributed by atoms with Crippen molar-refractivity contribution in [1.82, 2.24) is 5.32 Å². The largest absolute Gasteiger partial charge is 0.395 e. The van der Waals surface area contributed by atoms with Crippen LogP contribution in [-0.2, 0) is 4.79 Å². The first kappa shape index (κ1) is 12.1. The lowest BCUT2D eigenvalue weighted by Crippen LogP contribution is -2.36. The van der Waals surface area contributed by atoms with Gasteiger partial charge in [-0.1, -0.05) is 13.8 Å². The highest BCUT2D eigenvalue weighted by Crippen LogP contribution is 2.13. The van der Waals surface area contributed by atoms with E-state index in [1.807, 2.05) is 6.07 Å². The highest BCUT2D eigenvalue weighted by atomic mass is 16.3. The van der Waals surface area contributed by atoms with Gasteiger partial charge >= 0.3 is 0 Å². The van der Waals surface area contributed by atoms with Crippen molar-refractivity contribution in [3.8, 4) is 6.07 Å². The van der Waals surface area contributed by atoms with Gasteiger partial charge in [0.15, 0.2) is 5.78 Å². The Morgan fingerprint density at radius 2 is 2.23 bits per heavy atom. The molecule has 0 aromatic rings. The van der Waals surface area contributed by atoms with Crippen molar-refractivity contribution >= 4 is 5.78 Å². The van der Waals surface area contributed by atoms with Crippen LogP contribution < -0.4 is 5.32 Å². The summed E-state index contributed by atoms with van der Waals surface area (Å²) in [6.07, 6.45) is 0.396. The molecule has 0 bridgehead atoms. The molecule has 2 N–H and O–H groups in total. The topological polar surface area (TPSA) is 73.1 Å². The number of carbonyl (C=O) groups is 1. The molecule has 0 radical (unpaired) electrons. The number of nitrogens with zero attached hydrogens (tertiary/aromatic N) is 1. The van der Waals surface area contributed by atoms with E-state index in [-0.39, 0.29) is 18.9 Å². The number of hydrogen-bond donors (Lipinski definition) is 2. The van der Waals surface area contributed by atoms with E-state index in [0.717, 1.165) is 0 Å². The van der Waals surface area contributed by atoms with Gasteiger partial charge in [-0.25, -0.2) is 0 Å². The molecule has 0 atom stereocenters. The molecular weight excluding hydrogens is 168 g/mol. The molecule has 0 aliphatic rings. The Kier molecular flexibility index (Phi) is 5.28. The fraction of sp³-hybridized carbons (Fsp3) is 0.778. The monoisotopic (exact) mass is 184 g/mol. The Hall–Kier alpha value is -0.920. The third-order valence-corrected chi connectivity index (χ3v) is 1.85. The summed E-state index contributed by atoms with van der Waals surface area (Å²) in [7, 11) is 0. The molecule has 74 valence electrons. The van der Waals surface area contributed by atoms with Crippen molar-refractivity contribution in [2.45, 2.75) is 20.3 Å². The molecule has 0 rings (SSSR count). The van der Waals surface area contributed by atoms with E-state index >= 15 is 0 Å². The number of nitrogens with one attached hydrogen (secondary N) is 1. The molecule has 0 saturated carbocycles. The zero-order valence-electron chi connectivity index (χ0n) is 8.13. The number of rotatable bonds is 6. The number of aliphatic hydroxyl groups is 1. The molecule has 13 heavy (non-hydrogen) atoms. The Morgan fingerprint density at radius 3 is 2.69 bits per heavy atom. The van der Waals surface area contributed by atoms with Crippen LogP contribution in [0.15, 0.2) is 0 Å². The molecule has 0 amide bonds. The van der Waals surface area contributed by atoms with Crippen LogP contribution in [0.3, 0.4) is 0 Å². The molecule has 0 heterocycles. The number of carbonyl (C=O) groups excluding carboxylic acids is 1. The fourth-order valence-electron chi connectivity index (χ4n) is 0.674. The Morgan fingerprint density at radius 1 is 1.62 bits per heavy atom. The maximum Gasteiger partial charge on any atom is 0.154 e. The average Bonchev–Trinajstić information content (AvgIpc) is 2.12. The van der Waals surface area contributed by atoms with Gasteiger partial charge < -0.3 is 10.4 Å². The first-order valence-corrected chi connectivity index (χ1v) is 4.26. The van der Waals surface area contributed by atoms with Gasteiger partial charge in [-0.05, 0) is 0 Å². The molecule has 0 aliphatic carbocycles. The summed E-state index contributed by atoms with van der Waals surface area (Å²) >= 11 is 0. The minimum Gasteiger partial charge on any atom is -0.395 e. The van der Waals surface area contributed by atoms with Crippen molar-refractivity contribution in [2.24, 2.45) is 5.41 Å². The van der Waals surface area contributed by atoms with Crippen LogP contribution in [0, 0.1) is 16.7 Å². The Bertz CT molecular complexity index is 206. The van der Waals surface area contributed by atoms with Gasteiger partial charge in [0, 0.05) is 18.4 Å². The summed E-state index contributed by atoms with van der Waals surface area (Å²) in [6, 6.07) is 1.97. The molecule has 0 aliphatic heterocycles. The van der Waals surface area contributed by atoms with Crippen LogP contribution in [0.2, 0.25) is 0 Å². The van der Waals surface area contributed by atoms with E-state index in [4.69, 9.17) is 10.4 Å². The van der Waals surface area contributed by atoms with Crippen molar-refractivity contribution in [1.29, 1.82) is 5.26 Å². The van der Waals surface area contributed by atoms with E-state index in [0.29, 0.717) is 13.0 Å². The lowest BCUT2D eigenvalue weighted by atomic mass is 9.89. The lowest BCUT2D eigenvalue weighted by molar-refractivity contribution is -0.128. The Balaban J connectivity index is 3.70. The van der Waals surface area contributed by atoms with Gasteiger partial charge in [0.1, 0.15) is 0 Å². The molecule has 0 aromatic carbocycles. The van der Waals surface area contributed by atoms with E-state index in [9.17, 15) is 4.79 Å². The third kappa shape index (κ3) is 4.61. The van der Waals surface area contributed by atoms with E-state index in [1.165, 1.54) is 0 Å². The second-order valence-corrected chi connectivity index (χ2v) is 3.55. The van der Waals surface area contributed by atoms with Gasteiger partial charge in [0.05, 0.1) is 19.2 Å². The first-order valence-electron chi connectivity index (χ1n) is 4.26. The zero-order valence-corrected chi connectivity index (χ0v) is 8.13. The van der Waals surface area contributed by atoms with Crippen molar-refractivity contribution in [3.63, 3.8) is 0 Å². The summed E-state index contributed by atoms with van der Waals surface area (Å²) in [5.41, 5.74) is -0.681. The minimum atomic E-state index is -0.681. The molecule has 0 fully saturated rings. The minimum absolute atomic E-state index is 0.0343. The molecule has 4 nitrogen and oxygen atoms in total. The number of ketones is 1. The van der Waals surface area contributed by atoms with Crippen LogP contribution in [0.5, 0.6) is 0 Å². The van der Waals surface area contributed by atoms with Crippen LogP contribution >= 0.6 is 0 Å². The molecular formula is C9H16N2O2. The summed E-state index contributed by atoms with van der Waals surface area (Å²) in [6.45, 7) is 3.98. The number of hydrogen-bond acceptors (Lipinski definition) is 4. The summed E-state index contributed by atoms with van der Waals surface area (Å²) in [4.78, 5) is 11.4. The van der Waals surface area contributed by atoms with Crippen molar-refractivity contribution in [2.75, 3.05) is 19.7 Å². The highest BCUT2D eigenvalue weighted by Gasteiger charge is 2.25. The molecule has 0 saturated heterocycles. The quantitative estimate of drug-likeness (QED) is 0.573. The second-order valence-electron chi connectivity index (χ2n) is 3.55. The molecule has 4 heteroatoms. The number of aliphatic hydroxyl groups excluding tert-OH is 1. The predicted molar refractivity (Wildman–Crippen MR) is 49.0 cm³/mol. The van der Waals surface area contributed by atoms with Gasteiger partial charge in [-0.15, -0.1) is 0 Å². The predicted octanol–water partition coefficient (Wildman–Crippen LogP) is 0.0773. The normalized spacial score (nSPS) is 10.9. The van der Waals surface area contributed by atoms with E-state index in [1.54, 1.807) is 13.8 Å². The lowest BCUT2D eigenvalue weighted by Gasteiger charge is -2.19. The molecule has 0 unspecified atom stereocenters. The smallest absolute Gasteiger partial charge is 0.154 e. The van der Waals surface area contributed by atoms with Crippen LogP contribution in [-0.4, -0.2) is 30.6 Å². The maximum atomic E-state index is 11.4. The van der Waals surface area contributed by atoms with Crippen molar-refractivity contribution < 1.29 is 9.90 Å². The fourth-order valence-corrected chi connectivity index (χ4v) is 0.674. The average molecular weight is 184 g/mol. The summed E-state index contributed by atoms with van der Waals surface area (Å²) in [5.74, 6) is -0.0343. The van der Waals surface area contributed by atoms with Crippen LogP contribution in [0.25, 0.3) is 0 Å². The van der Waals surface area contributed by atoms with Crippen molar-refractivity contribution in [3.05, 3.63) is 0 Å². The zero-order chi connectivity index (χ0) is 10.3. The Labute approximate surface area is 78.6 Å². The summed E-state index contributed by atoms with van der Waals surface area (Å²) < 4.78 is 0. The number of Topliss-reactive ketones (excluding diaryl/α,β-unsaturated/α-hetero) is 1. The SMILES string of the molecule is CC(C)(CO)C(=O)CNCCC#N. The van der Waals surface area contributed by atoms with Gasteiger partial charge in [-0.2, -0.15) is 5.26 Å².